The predicted molar refractivity (Wildman–Crippen MR) is 139 cm³/mol. The van der Waals surface area contributed by atoms with E-state index in [1.165, 1.54) is 6.20 Å². The number of anilines is 3. The second kappa shape index (κ2) is 11.1. The number of benzene rings is 1. The zero-order valence-electron chi connectivity index (χ0n) is 22.0. The minimum absolute atomic E-state index is 0.0506. The zero-order valence-corrected chi connectivity index (χ0v) is 22.0. The first-order valence-electron chi connectivity index (χ1n) is 12.8. The third-order valence-corrected chi connectivity index (χ3v) is 6.95. The van der Waals surface area contributed by atoms with Crippen molar-refractivity contribution in [2.24, 2.45) is 5.92 Å². The highest BCUT2D eigenvalue weighted by Gasteiger charge is 2.44. The Hall–Kier alpha value is -3.52. The maximum atomic E-state index is 14.0. The van der Waals surface area contributed by atoms with E-state index < -0.39 is 24.0 Å². The second-order valence-electron chi connectivity index (χ2n) is 10.9. The van der Waals surface area contributed by atoms with Gasteiger partial charge in [-0.3, -0.25) is 0 Å². The highest BCUT2D eigenvalue weighted by atomic mass is 19.3. The molecule has 2 aliphatic rings. The van der Waals surface area contributed by atoms with Crippen LogP contribution in [0.5, 0.6) is 0 Å². The van der Waals surface area contributed by atoms with Gasteiger partial charge in [-0.25, -0.2) is 23.5 Å². The van der Waals surface area contributed by atoms with Crippen LogP contribution in [-0.2, 0) is 4.74 Å². The van der Waals surface area contributed by atoms with Crippen LogP contribution < -0.4 is 10.2 Å². The molecule has 11 heteroatoms. The molecule has 204 valence electrons. The Morgan fingerprint density at radius 2 is 1.92 bits per heavy atom. The lowest BCUT2D eigenvalue weighted by Crippen LogP contribution is -2.49. The Balaban J connectivity index is 1.40. The van der Waals surface area contributed by atoms with Crippen LogP contribution >= 0.6 is 0 Å². The fraction of sp³-hybridized carbons (Fsp3) is 0.556. The summed E-state index contributed by atoms with van der Waals surface area (Å²) in [5, 5.41) is 22.0. The number of nitrogens with one attached hydrogen (secondary N) is 1. The highest BCUT2D eigenvalue weighted by Crippen LogP contribution is 2.35. The van der Waals surface area contributed by atoms with Gasteiger partial charge in [0.2, 0.25) is 0 Å². The summed E-state index contributed by atoms with van der Waals surface area (Å²) in [4.78, 5) is 24.4. The van der Waals surface area contributed by atoms with E-state index in [-0.39, 0.29) is 37.1 Å². The molecule has 0 saturated carbocycles. The average Bonchev–Trinajstić information content (AvgIpc) is 2.88. The molecule has 2 fully saturated rings. The topological polar surface area (TPSA) is 115 Å². The number of hydrogen-bond acceptors (Lipinski definition) is 8. The van der Waals surface area contributed by atoms with Gasteiger partial charge in [-0.2, -0.15) is 5.26 Å². The molecule has 1 atom stereocenters. The van der Waals surface area contributed by atoms with Crippen molar-refractivity contribution in [1.29, 1.82) is 5.26 Å². The fourth-order valence-electron chi connectivity index (χ4n) is 4.78. The number of aliphatic hydroxyl groups is 1. The standard InChI is InChI=1S/C27H34F2N6O3/c1-26(2,3)38-25(37)34-11-8-19(9-12-34)18-4-6-21(7-5-18)32-24-22(14-30)31-15-23(33-24)35-13-10-27(28,29)20(16-35)17-36/h4-7,15,19-20,36H,8-13,16-17H2,1-3H3,(H,32,33). The number of alkyl halides is 2. The van der Waals surface area contributed by atoms with Gasteiger partial charge in [0, 0.05) is 38.3 Å². The van der Waals surface area contributed by atoms with E-state index in [0.717, 1.165) is 18.4 Å². The van der Waals surface area contributed by atoms with Crippen LogP contribution in [0.3, 0.4) is 0 Å². The molecule has 2 N–H and O–H groups in total. The van der Waals surface area contributed by atoms with Crippen molar-refractivity contribution >= 4 is 23.4 Å². The third-order valence-electron chi connectivity index (χ3n) is 6.95. The van der Waals surface area contributed by atoms with Crippen LogP contribution in [0.4, 0.5) is 30.9 Å². The Bertz CT molecular complexity index is 1170. The summed E-state index contributed by atoms with van der Waals surface area (Å²) in [6, 6.07) is 9.83. The summed E-state index contributed by atoms with van der Waals surface area (Å²) in [6.07, 6.45) is 2.40. The lowest BCUT2D eigenvalue weighted by atomic mass is 9.89. The van der Waals surface area contributed by atoms with E-state index in [1.54, 1.807) is 9.80 Å². The molecule has 0 bridgehead atoms. The van der Waals surface area contributed by atoms with Crippen LogP contribution in [0.25, 0.3) is 0 Å². The molecule has 2 aromatic rings. The second-order valence-corrected chi connectivity index (χ2v) is 10.9. The number of nitriles is 1. The molecule has 2 saturated heterocycles. The molecule has 38 heavy (non-hydrogen) atoms. The molecule has 0 spiro atoms. The molecular formula is C27H34F2N6O3. The first kappa shape index (κ1) is 27.5. The van der Waals surface area contributed by atoms with Gasteiger partial charge in [0.05, 0.1) is 18.7 Å². The van der Waals surface area contributed by atoms with Crippen molar-refractivity contribution < 1.29 is 23.4 Å². The first-order chi connectivity index (χ1) is 18.0. The number of rotatable bonds is 5. The van der Waals surface area contributed by atoms with Gasteiger partial charge in [0.25, 0.3) is 5.92 Å². The van der Waals surface area contributed by atoms with Crippen LogP contribution in [0.1, 0.15) is 57.2 Å². The quantitative estimate of drug-likeness (QED) is 0.576. The first-order valence-corrected chi connectivity index (χ1v) is 12.8. The molecule has 4 rings (SSSR count). The van der Waals surface area contributed by atoms with E-state index in [2.05, 4.69) is 15.3 Å². The molecule has 1 amide bonds. The van der Waals surface area contributed by atoms with Crippen LogP contribution in [-0.4, -0.2) is 70.4 Å². The van der Waals surface area contributed by atoms with Crippen molar-refractivity contribution in [2.75, 3.05) is 43.0 Å². The minimum atomic E-state index is -2.93. The molecule has 1 unspecified atom stereocenters. The number of nitrogens with zero attached hydrogens (tertiary/aromatic N) is 5. The Kier molecular flexibility index (Phi) is 8.02. The van der Waals surface area contributed by atoms with Gasteiger partial charge >= 0.3 is 6.09 Å². The number of piperidine rings is 2. The summed E-state index contributed by atoms with van der Waals surface area (Å²) in [7, 11) is 0. The molecule has 2 aliphatic heterocycles. The summed E-state index contributed by atoms with van der Waals surface area (Å²) < 4.78 is 33.5. The maximum absolute atomic E-state index is 14.0. The SMILES string of the molecule is CC(C)(C)OC(=O)N1CCC(c2ccc(Nc3nc(N4CCC(F)(F)C(CO)C4)cnc3C#N)cc2)CC1. The summed E-state index contributed by atoms with van der Waals surface area (Å²) in [6.45, 7) is 6.24. The number of carbonyl (C=O) groups excluding carboxylic acids is 1. The fourth-order valence-corrected chi connectivity index (χ4v) is 4.78. The van der Waals surface area contributed by atoms with Gasteiger partial charge < -0.3 is 25.0 Å². The molecule has 1 aromatic carbocycles. The number of amides is 1. The van der Waals surface area contributed by atoms with E-state index in [9.17, 15) is 23.9 Å². The van der Waals surface area contributed by atoms with Gasteiger partial charge in [0.15, 0.2) is 11.5 Å². The van der Waals surface area contributed by atoms with E-state index in [4.69, 9.17) is 4.74 Å². The largest absolute Gasteiger partial charge is 0.444 e. The van der Waals surface area contributed by atoms with Gasteiger partial charge in [0.1, 0.15) is 17.5 Å². The Morgan fingerprint density at radius 3 is 2.53 bits per heavy atom. The van der Waals surface area contributed by atoms with Crippen LogP contribution in [0, 0.1) is 17.2 Å². The number of halogens is 2. The van der Waals surface area contributed by atoms with Gasteiger partial charge in [-0.15, -0.1) is 0 Å². The molecule has 0 radical (unpaired) electrons. The number of aliphatic hydroxyl groups excluding tert-OH is 1. The van der Waals surface area contributed by atoms with Crippen molar-refractivity contribution in [3.8, 4) is 6.07 Å². The molecule has 3 heterocycles. The Labute approximate surface area is 221 Å². The van der Waals surface area contributed by atoms with Gasteiger partial charge in [-0.1, -0.05) is 12.1 Å². The number of carbonyl (C=O) groups is 1. The summed E-state index contributed by atoms with van der Waals surface area (Å²) in [5.74, 6) is -3.19. The van der Waals surface area contributed by atoms with E-state index in [0.29, 0.717) is 30.5 Å². The van der Waals surface area contributed by atoms with E-state index in [1.807, 2.05) is 51.1 Å². The molecular weight excluding hydrogens is 494 g/mol. The molecule has 1 aromatic heterocycles. The number of ether oxygens (including phenoxy) is 1. The average molecular weight is 529 g/mol. The van der Waals surface area contributed by atoms with Crippen molar-refractivity contribution in [3.05, 3.63) is 41.7 Å². The predicted octanol–water partition coefficient (Wildman–Crippen LogP) is 4.66. The van der Waals surface area contributed by atoms with Gasteiger partial charge in [-0.05, 0) is 57.2 Å². The van der Waals surface area contributed by atoms with Crippen LogP contribution in [0.2, 0.25) is 0 Å². The number of hydrogen-bond donors (Lipinski definition) is 2. The van der Waals surface area contributed by atoms with E-state index >= 15 is 0 Å². The molecule has 0 aliphatic carbocycles. The zero-order chi connectivity index (χ0) is 27.5. The number of aromatic nitrogens is 2. The smallest absolute Gasteiger partial charge is 0.410 e. The normalized spacial score (nSPS) is 20.1. The third kappa shape index (κ3) is 6.48. The summed E-state index contributed by atoms with van der Waals surface area (Å²) >= 11 is 0. The van der Waals surface area contributed by atoms with Crippen molar-refractivity contribution in [1.82, 2.24) is 14.9 Å². The van der Waals surface area contributed by atoms with Crippen molar-refractivity contribution in [2.45, 2.75) is 57.5 Å². The van der Waals surface area contributed by atoms with Crippen LogP contribution in [0.15, 0.2) is 30.5 Å². The lowest BCUT2D eigenvalue weighted by Gasteiger charge is -2.38. The minimum Gasteiger partial charge on any atom is -0.444 e. The maximum Gasteiger partial charge on any atom is 0.410 e. The Morgan fingerprint density at radius 1 is 1.24 bits per heavy atom. The summed E-state index contributed by atoms with van der Waals surface area (Å²) in [5.41, 5.74) is 1.44. The number of likely N-dealkylation sites (tertiary alicyclic amines) is 1. The van der Waals surface area contributed by atoms with Crippen molar-refractivity contribution in [3.63, 3.8) is 0 Å². The monoisotopic (exact) mass is 528 g/mol. The lowest BCUT2D eigenvalue weighted by molar-refractivity contribution is -0.0880. The molecule has 9 nitrogen and oxygen atoms in total. The highest BCUT2D eigenvalue weighted by molar-refractivity contribution is 5.68.